The zero-order chi connectivity index (χ0) is 26.1. The van der Waals surface area contributed by atoms with Gasteiger partial charge in [0.15, 0.2) is 11.4 Å². The van der Waals surface area contributed by atoms with E-state index in [1.807, 2.05) is 90.4 Å². The molecular weight excluding hydrogens is 478 g/mol. The second-order valence-corrected chi connectivity index (χ2v) is 8.63. The summed E-state index contributed by atoms with van der Waals surface area (Å²) < 4.78 is 13.4. The maximum Gasteiger partial charge on any atom is 0.277 e. The number of H-pyrrole nitrogens is 1. The summed E-state index contributed by atoms with van der Waals surface area (Å²) in [5.74, 6) is 1.41. The Morgan fingerprint density at radius 3 is 2.71 bits per heavy atom. The van der Waals surface area contributed by atoms with Crippen LogP contribution in [0, 0.1) is 0 Å². The fraction of sp³-hybridized carbons (Fsp3) is 0.100. The number of fused-ring (bicyclic) bond motifs is 1. The number of ether oxygens (including phenoxy) is 2. The molecule has 0 saturated heterocycles. The monoisotopic (exact) mass is 503 g/mol. The Hall–Kier alpha value is -5.11. The highest BCUT2D eigenvalue weighted by atomic mass is 16.5. The first kappa shape index (κ1) is 23.3. The fourth-order valence-electron chi connectivity index (χ4n) is 4.71. The number of rotatable bonds is 7. The summed E-state index contributed by atoms with van der Waals surface area (Å²) in [5.41, 5.74) is 5.40. The molecule has 0 saturated carbocycles. The molecule has 4 heterocycles. The summed E-state index contributed by atoms with van der Waals surface area (Å²) in [6, 6.07) is 19.2. The fourth-order valence-corrected chi connectivity index (χ4v) is 4.71. The Kier molecular flexibility index (Phi) is 5.97. The largest absolute Gasteiger partial charge is 0.497 e. The van der Waals surface area contributed by atoms with Crippen LogP contribution in [0.25, 0.3) is 16.6 Å². The molecule has 2 N–H and O–H groups in total. The van der Waals surface area contributed by atoms with Crippen molar-refractivity contribution < 1.29 is 14.3 Å². The molecule has 38 heavy (non-hydrogen) atoms. The van der Waals surface area contributed by atoms with E-state index < -0.39 is 0 Å². The molecule has 1 amide bonds. The molecule has 4 aromatic rings. The number of para-hydroxylation sites is 1. The predicted molar refractivity (Wildman–Crippen MR) is 150 cm³/mol. The molecule has 6 rings (SSSR count). The van der Waals surface area contributed by atoms with E-state index in [4.69, 9.17) is 9.47 Å². The van der Waals surface area contributed by atoms with Gasteiger partial charge in [0.2, 0.25) is 0 Å². The van der Waals surface area contributed by atoms with Crippen molar-refractivity contribution in [2.24, 2.45) is 9.98 Å². The van der Waals surface area contributed by atoms with E-state index in [9.17, 15) is 4.79 Å². The second-order valence-electron chi connectivity index (χ2n) is 8.63. The Morgan fingerprint density at radius 2 is 1.95 bits per heavy atom. The van der Waals surface area contributed by atoms with Gasteiger partial charge in [-0.3, -0.25) is 14.8 Å². The number of methoxy groups -OCH3 is 1. The van der Waals surface area contributed by atoms with Crippen molar-refractivity contribution in [2.45, 2.75) is 6.92 Å². The summed E-state index contributed by atoms with van der Waals surface area (Å²) in [6.07, 6.45) is 9.27. The van der Waals surface area contributed by atoms with Crippen LogP contribution in [0.15, 0.2) is 106 Å². The number of amides is 1. The molecule has 2 aliphatic rings. The van der Waals surface area contributed by atoms with E-state index in [1.165, 1.54) is 0 Å². The number of allylic oxidation sites excluding steroid dienone is 4. The first-order chi connectivity index (χ1) is 18.7. The number of hydrogen-bond donors (Lipinski definition) is 2. The van der Waals surface area contributed by atoms with Crippen molar-refractivity contribution in [1.82, 2.24) is 9.55 Å². The van der Waals surface area contributed by atoms with Gasteiger partial charge in [-0.2, -0.15) is 0 Å². The maximum absolute atomic E-state index is 13.9. The zero-order valence-electron chi connectivity index (χ0n) is 20.9. The molecule has 8 heteroatoms. The van der Waals surface area contributed by atoms with E-state index in [2.05, 4.69) is 20.3 Å². The number of aliphatic imine (C=N–C) groups is 2. The maximum atomic E-state index is 13.9. The van der Waals surface area contributed by atoms with Crippen molar-refractivity contribution >= 4 is 34.6 Å². The minimum Gasteiger partial charge on any atom is -0.497 e. The lowest BCUT2D eigenvalue weighted by molar-refractivity contribution is 0.101. The third-order valence-electron chi connectivity index (χ3n) is 6.37. The van der Waals surface area contributed by atoms with E-state index in [0.717, 1.165) is 39.3 Å². The van der Waals surface area contributed by atoms with Gasteiger partial charge in [0, 0.05) is 29.1 Å². The summed E-state index contributed by atoms with van der Waals surface area (Å²) >= 11 is 0. The molecule has 2 aromatic heterocycles. The molecule has 0 unspecified atom stereocenters. The number of anilines is 1. The van der Waals surface area contributed by atoms with Crippen LogP contribution >= 0.6 is 0 Å². The number of nitrogens with one attached hydrogen (secondary N) is 2. The Morgan fingerprint density at radius 1 is 1.08 bits per heavy atom. The molecule has 0 atom stereocenters. The van der Waals surface area contributed by atoms with Crippen molar-refractivity contribution in [1.29, 1.82) is 0 Å². The van der Waals surface area contributed by atoms with Gasteiger partial charge in [0.25, 0.3) is 5.91 Å². The summed E-state index contributed by atoms with van der Waals surface area (Å²) in [6.45, 7) is 2.30. The Labute approximate surface area is 219 Å². The van der Waals surface area contributed by atoms with Gasteiger partial charge >= 0.3 is 0 Å². The number of nitrogens with zero attached hydrogens (tertiary/aromatic N) is 3. The number of hydrogen-bond acceptors (Lipinski definition) is 5. The van der Waals surface area contributed by atoms with Gasteiger partial charge in [-0.25, -0.2) is 0 Å². The van der Waals surface area contributed by atoms with Crippen LogP contribution in [0.1, 0.15) is 23.1 Å². The first-order valence-corrected chi connectivity index (χ1v) is 12.3. The van der Waals surface area contributed by atoms with Gasteiger partial charge < -0.3 is 24.3 Å². The van der Waals surface area contributed by atoms with Crippen LogP contribution < -0.4 is 14.8 Å². The molecule has 8 nitrogen and oxygen atoms in total. The highest BCUT2D eigenvalue weighted by Crippen LogP contribution is 2.38. The second kappa shape index (κ2) is 9.74. The van der Waals surface area contributed by atoms with Crippen molar-refractivity contribution in [3.05, 3.63) is 108 Å². The minimum atomic E-state index is -0.311. The van der Waals surface area contributed by atoms with Gasteiger partial charge in [-0.05, 0) is 67.6 Å². The van der Waals surface area contributed by atoms with Crippen LogP contribution in [0.5, 0.6) is 11.5 Å². The zero-order valence-corrected chi connectivity index (χ0v) is 20.9. The summed E-state index contributed by atoms with van der Waals surface area (Å²) in [5, 5.41) is 3.82. The average molecular weight is 504 g/mol. The lowest BCUT2D eigenvalue weighted by atomic mass is 10.1. The number of benzene rings is 2. The van der Waals surface area contributed by atoms with Crippen LogP contribution in [0.2, 0.25) is 0 Å². The van der Waals surface area contributed by atoms with Crippen molar-refractivity contribution in [2.75, 3.05) is 19.0 Å². The highest BCUT2D eigenvalue weighted by Gasteiger charge is 2.26. The molecule has 2 aliphatic heterocycles. The van der Waals surface area contributed by atoms with Gasteiger partial charge in [-0.15, -0.1) is 0 Å². The molecule has 0 spiro atoms. The van der Waals surface area contributed by atoms with Crippen LogP contribution in [0.3, 0.4) is 0 Å². The number of aromatic amines is 1. The predicted octanol–water partition coefficient (Wildman–Crippen LogP) is 5.83. The van der Waals surface area contributed by atoms with Gasteiger partial charge in [-0.1, -0.05) is 18.2 Å². The van der Waals surface area contributed by atoms with Gasteiger partial charge in [0.05, 0.1) is 36.3 Å². The van der Waals surface area contributed by atoms with E-state index in [0.29, 0.717) is 29.6 Å². The summed E-state index contributed by atoms with van der Waals surface area (Å²) in [7, 11) is 1.62. The number of aromatic nitrogens is 2. The normalized spacial score (nSPS) is 15.9. The molecule has 0 radical (unpaired) electrons. The molecule has 2 aromatic carbocycles. The molecule has 0 bridgehead atoms. The van der Waals surface area contributed by atoms with Crippen molar-refractivity contribution in [3.63, 3.8) is 0 Å². The van der Waals surface area contributed by atoms with Crippen molar-refractivity contribution in [3.8, 4) is 17.2 Å². The minimum absolute atomic E-state index is 0.311. The first-order valence-electron chi connectivity index (χ1n) is 12.3. The molecular formula is C30H25N5O3. The summed E-state index contributed by atoms with van der Waals surface area (Å²) in [4.78, 5) is 26.1. The van der Waals surface area contributed by atoms with E-state index in [1.54, 1.807) is 19.5 Å². The third-order valence-corrected chi connectivity index (χ3v) is 6.37. The van der Waals surface area contributed by atoms with Crippen LogP contribution in [-0.2, 0) is 0 Å². The van der Waals surface area contributed by atoms with Crippen LogP contribution in [0.4, 0.5) is 5.82 Å². The standard InChI is InChI=1S/C30H25N5O3/c1-3-38-29-22-18-20(37-2)11-13-25(22)35(19-8-5-4-6-9-19)28(29)30(36)34-26-14-12-24(33-26)27-21(15-17-32-27)23-10-7-16-31-23/h4-18,33H,3H2,1-2H3,(H,34,36). The lowest BCUT2D eigenvalue weighted by Gasteiger charge is -2.12. The smallest absolute Gasteiger partial charge is 0.277 e. The molecule has 0 aliphatic carbocycles. The van der Waals surface area contributed by atoms with Crippen LogP contribution in [-0.4, -0.2) is 41.1 Å². The number of carbonyl (C=O) groups excluding carboxylic acids is 1. The number of carbonyl (C=O) groups is 1. The van der Waals surface area contributed by atoms with Gasteiger partial charge in [0.1, 0.15) is 11.6 Å². The Balaban J connectivity index is 1.41. The lowest BCUT2D eigenvalue weighted by Crippen LogP contribution is -2.18. The topological polar surface area (TPSA) is 93.0 Å². The average Bonchev–Trinajstić information content (AvgIpc) is 3.75. The Bertz CT molecular complexity index is 1690. The van der Waals surface area contributed by atoms with E-state index in [-0.39, 0.29) is 5.91 Å². The molecule has 0 fully saturated rings. The van der Waals surface area contributed by atoms with E-state index >= 15 is 0 Å². The quantitative estimate of drug-likeness (QED) is 0.332. The molecule has 188 valence electrons. The highest BCUT2D eigenvalue weighted by molar-refractivity contribution is 6.17. The SMILES string of the molecule is CCOc1c(C(=O)Nc2ccc(C3=NC=CC3=C3C=CC=N3)[nH]2)n(-c2ccccc2)c2ccc(OC)cc12. The third kappa shape index (κ3) is 4.02.